The maximum atomic E-state index is 14.4. The summed E-state index contributed by atoms with van der Waals surface area (Å²) in [4.78, 5) is 46.0. The third kappa shape index (κ3) is 4.72. The van der Waals surface area contributed by atoms with Gasteiger partial charge in [-0.2, -0.15) is 0 Å². The van der Waals surface area contributed by atoms with Gasteiger partial charge in [0.2, 0.25) is 5.91 Å². The third-order valence-electron chi connectivity index (χ3n) is 8.66. The molecule has 0 radical (unpaired) electrons. The average molecular weight is 504 g/mol. The van der Waals surface area contributed by atoms with Crippen LogP contribution in [0.25, 0.3) is 0 Å². The summed E-state index contributed by atoms with van der Waals surface area (Å²) < 4.78 is 0. The van der Waals surface area contributed by atoms with Crippen molar-refractivity contribution in [1.82, 2.24) is 14.7 Å². The Kier molecular flexibility index (Phi) is 7.22. The number of carboxylic acids is 1. The fourth-order valence-electron chi connectivity index (χ4n) is 6.89. The van der Waals surface area contributed by atoms with Crippen LogP contribution in [0.4, 0.5) is 4.79 Å². The largest absolute Gasteiger partial charge is 0.480 e. The van der Waals surface area contributed by atoms with Gasteiger partial charge in [-0.25, -0.2) is 9.59 Å². The summed E-state index contributed by atoms with van der Waals surface area (Å²) in [5.41, 5.74) is 1.31. The lowest BCUT2D eigenvalue weighted by Gasteiger charge is -2.55. The van der Waals surface area contributed by atoms with Crippen molar-refractivity contribution in [2.45, 2.75) is 81.5 Å². The Morgan fingerprint density at radius 3 is 2.22 bits per heavy atom. The van der Waals surface area contributed by atoms with Gasteiger partial charge in [0.05, 0.1) is 17.5 Å². The summed E-state index contributed by atoms with van der Waals surface area (Å²) >= 11 is 0. The number of amides is 3. The highest BCUT2D eigenvalue weighted by molar-refractivity contribution is 5.93. The average Bonchev–Trinajstić information content (AvgIpc) is 2.92. The monoisotopic (exact) mass is 503 g/mol. The Bertz CT molecular complexity index is 1120. The molecule has 37 heavy (non-hydrogen) atoms. The number of piperazine rings is 1. The van der Waals surface area contributed by atoms with Crippen molar-refractivity contribution in [2.75, 3.05) is 13.6 Å². The van der Waals surface area contributed by atoms with Gasteiger partial charge < -0.3 is 19.8 Å². The smallest absolute Gasteiger partial charge is 0.328 e. The van der Waals surface area contributed by atoms with Gasteiger partial charge in [-0.05, 0) is 43.2 Å². The second kappa shape index (κ2) is 10.6. The number of piperidine rings is 1. The Balaban J connectivity index is 1.45. The molecule has 2 saturated heterocycles. The quantitative estimate of drug-likeness (QED) is 0.644. The standard InChI is InChI=1S/C30H37N3O4/c1-31(20-22-12-5-2-6-13-22)29(37)33-24-16-11-17-25(33)26(27(34)35)32(21-24)28(36)30(18-9-4-10-19-30)23-14-7-3-8-15-23/h2-3,5-8,12-15,24-26H,4,9-11,16-21H2,1H3,(H,34,35)/t24-,25+,26-/m0/s1. The predicted octanol–water partition coefficient (Wildman–Crippen LogP) is 4.66. The number of rotatable bonds is 5. The highest BCUT2D eigenvalue weighted by Gasteiger charge is 2.54. The van der Waals surface area contributed by atoms with Gasteiger partial charge in [-0.15, -0.1) is 0 Å². The molecule has 2 aliphatic heterocycles. The van der Waals surface area contributed by atoms with E-state index in [1.165, 1.54) is 0 Å². The second-order valence-corrected chi connectivity index (χ2v) is 10.9. The molecule has 1 saturated carbocycles. The highest BCUT2D eigenvalue weighted by Crippen LogP contribution is 2.43. The molecule has 0 aromatic heterocycles. The van der Waals surface area contributed by atoms with Gasteiger partial charge in [-0.1, -0.05) is 79.9 Å². The van der Waals surface area contributed by atoms with Crippen molar-refractivity contribution in [1.29, 1.82) is 0 Å². The second-order valence-electron chi connectivity index (χ2n) is 10.9. The van der Waals surface area contributed by atoms with Crippen LogP contribution in [0.1, 0.15) is 62.5 Å². The molecule has 0 spiro atoms. The van der Waals surface area contributed by atoms with Crippen LogP contribution in [0.5, 0.6) is 0 Å². The molecule has 5 rings (SSSR count). The minimum absolute atomic E-state index is 0.0764. The van der Waals surface area contributed by atoms with E-state index in [2.05, 4.69) is 0 Å². The van der Waals surface area contributed by atoms with Gasteiger partial charge in [0.15, 0.2) is 0 Å². The molecule has 3 atom stereocenters. The molecule has 0 unspecified atom stereocenters. The van der Waals surface area contributed by atoms with E-state index in [9.17, 15) is 19.5 Å². The number of fused-ring (bicyclic) bond motifs is 2. The molecule has 1 N–H and O–H groups in total. The molecular weight excluding hydrogens is 466 g/mol. The fraction of sp³-hybridized carbons (Fsp3) is 0.500. The van der Waals surface area contributed by atoms with Crippen LogP contribution in [0.15, 0.2) is 60.7 Å². The number of hydrogen-bond acceptors (Lipinski definition) is 3. The Morgan fingerprint density at radius 2 is 1.57 bits per heavy atom. The van der Waals surface area contributed by atoms with E-state index in [1.54, 1.807) is 21.7 Å². The van der Waals surface area contributed by atoms with Crippen LogP contribution < -0.4 is 0 Å². The lowest BCUT2D eigenvalue weighted by atomic mass is 9.67. The van der Waals surface area contributed by atoms with Crippen LogP contribution in [0.2, 0.25) is 0 Å². The lowest BCUT2D eigenvalue weighted by molar-refractivity contribution is -0.164. The molecule has 7 heteroatoms. The van der Waals surface area contributed by atoms with Crippen LogP contribution in [0.3, 0.4) is 0 Å². The van der Waals surface area contributed by atoms with Gasteiger partial charge in [-0.3, -0.25) is 4.79 Å². The van der Waals surface area contributed by atoms with E-state index in [-0.39, 0.29) is 24.5 Å². The maximum absolute atomic E-state index is 14.4. The van der Waals surface area contributed by atoms with E-state index >= 15 is 0 Å². The minimum Gasteiger partial charge on any atom is -0.480 e. The Morgan fingerprint density at radius 1 is 0.919 bits per heavy atom. The molecular formula is C30H37N3O4. The van der Waals surface area contributed by atoms with Gasteiger partial charge in [0, 0.05) is 20.1 Å². The van der Waals surface area contributed by atoms with Crippen LogP contribution >= 0.6 is 0 Å². The van der Waals surface area contributed by atoms with Crippen LogP contribution in [0, 0.1) is 0 Å². The minimum atomic E-state index is -1.04. The first-order chi connectivity index (χ1) is 17.9. The van der Waals surface area contributed by atoms with Crippen molar-refractivity contribution >= 4 is 17.9 Å². The number of aliphatic carboxylic acids is 1. The van der Waals surface area contributed by atoms with Crippen LogP contribution in [-0.2, 0) is 21.5 Å². The molecule has 7 nitrogen and oxygen atoms in total. The summed E-state index contributed by atoms with van der Waals surface area (Å²) in [6.45, 7) is 0.721. The van der Waals surface area contributed by atoms with Gasteiger partial charge in [0.25, 0.3) is 0 Å². The third-order valence-corrected chi connectivity index (χ3v) is 8.66. The van der Waals surface area contributed by atoms with Crippen molar-refractivity contribution < 1.29 is 19.5 Å². The number of benzene rings is 2. The molecule has 3 amide bonds. The Labute approximate surface area is 219 Å². The summed E-state index contributed by atoms with van der Waals surface area (Å²) in [5, 5.41) is 10.5. The lowest BCUT2D eigenvalue weighted by Crippen LogP contribution is -2.72. The van der Waals surface area contributed by atoms with E-state index in [4.69, 9.17) is 0 Å². The summed E-state index contributed by atoms with van der Waals surface area (Å²) in [6.07, 6.45) is 6.67. The molecule has 3 aliphatic rings. The molecule has 2 heterocycles. The Hall–Kier alpha value is -3.35. The van der Waals surface area contributed by atoms with Crippen molar-refractivity contribution in [3.8, 4) is 0 Å². The van der Waals surface area contributed by atoms with E-state index < -0.39 is 23.5 Å². The first-order valence-corrected chi connectivity index (χ1v) is 13.6. The molecule has 2 aromatic rings. The predicted molar refractivity (Wildman–Crippen MR) is 141 cm³/mol. The number of likely N-dealkylation sites (tertiary alicyclic amines) is 1. The normalized spacial score (nSPS) is 24.8. The zero-order valence-corrected chi connectivity index (χ0v) is 21.6. The number of urea groups is 1. The fourth-order valence-corrected chi connectivity index (χ4v) is 6.89. The first kappa shape index (κ1) is 25.3. The number of carbonyl (C=O) groups excluding carboxylic acids is 2. The van der Waals surface area contributed by atoms with E-state index in [0.717, 1.165) is 56.1 Å². The zero-order chi connectivity index (χ0) is 26.0. The number of carboxylic acid groups (broad SMARTS) is 1. The van der Waals surface area contributed by atoms with Gasteiger partial charge in [0.1, 0.15) is 6.04 Å². The maximum Gasteiger partial charge on any atom is 0.328 e. The number of hydrogen-bond donors (Lipinski definition) is 1. The number of nitrogens with zero attached hydrogens (tertiary/aromatic N) is 3. The highest BCUT2D eigenvalue weighted by atomic mass is 16.4. The molecule has 3 fully saturated rings. The summed E-state index contributed by atoms with van der Waals surface area (Å²) in [7, 11) is 1.77. The molecule has 2 aromatic carbocycles. The van der Waals surface area contributed by atoms with Crippen molar-refractivity contribution in [3.63, 3.8) is 0 Å². The molecule has 1 aliphatic carbocycles. The van der Waals surface area contributed by atoms with Crippen molar-refractivity contribution in [3.05, 3.63) is 71.8 Å². The molecule has 2 bridgehead atoms. The summed E-state index contributed by atoms with van der Waals surface area (Å²) in [5.74, 6) is -1.10. The van der Waals surface area contributed by atoms with Crippen molar-refractivity contribution in [2.24, 2.45) is 0 Å². The van der Waals surface area contributed by atoms with Crippen LogP contribution in [-0.4, -0.2) is 69.4 Å². The zero-order valence-electron chi connectivity index (χ0n) is 21.6. The van der Waals surface area contributed by atoms with E-state index in [0.29, 0.717) is 13.0 Å². The summed E-state index contributed by atoms with van der Waals surface area (Å²) in [6, 6.07) is 17.8. The number of carbonyl (C=O) groups is 3. The SMILES string of the molecule is CN(Cc1ccccc1)C(=O)N1[C@H]2CCC[C@@H]1[C@@H](C(=O)O)N(C(=O)C1(c3ccccc3)CCCCC1)C2. The van der Waals surface area contributed by atoms with Gasteiger partial charge >= 0.3 is 12.0 Å². The first-order valence-electron chi connectivity index (χ1n) is 13.6. The molecule has 196 valence electrons. The topological polar surface area (TPSA) is 81.2 Å². The van der Waals surface area contributed by atoms with E-state index in [1.807, 2.05) is 60.7 Å².